The van der Waals surface area contributed by atoms with Gasteiger partial charge < -0.3 is 9.47 Å². The molecule has 3 N–H and O–H groups in total. The second-order valence-corrected chi connectivity index (χ2v) is 8.89. The molecule has 0 aliphatic carbocycles. The van der Waals surface area contributed by atoms with E-state index in [1.165, 1.54) is 36.4 Å². The Kier molecular flexibility index (Phi) is 6.18. The molecule has 9 nitrogen and oxygen atoms in total. The molecule has 0 saturated heterocycles. The minimum absolute atomic E-state index is 0.0208. The summed E-state index contributed by atoms with van der Waals surface area (Å²) in [5.41, 5.74) is 6.44. The number of hydrazine groups is 1. The molecule has 1 aliphatic heterocycles. The van der Waals surface area contributed by atoms with Crippen molar-refractivity contribution in [2.24, 2.45) is 0 Å². The van der Waals surface area contributed by atoms with Crippen molar-refractivity contribution in [2.45, 2.75) is 11.8 Å². The lowest BCUT2D eigenvalue weighted by Gasteiger charge is -2.19. The summed E-state index contributed by atoms with van der Waals surface area (Å²) in [5.74, 6) is -0.127. The smallest absolute Gasteiger partial charge is 0.269 e. The van der Waals surface area contributed by atoms with Gasteiger partial charge in [0.05, 0.1) is 4.90 Å². The predicted octanol–water partition coefficient (Wildman–Crippen LogP) is 2.64. The Labute approximate surface area is 190 Å². The number of amides is 2. The molecular weight excluding hydrogens is 446 g/mol. The molecule has 0 saturated carbocycles. The van der Waals surface area contributed by atoms with Crippen LogP contribution in [0, 0.1) is 6.92 Å². The Hall–Kier alpha value is -4.05. The zero-order valence-electron chi connectivity index (χ0n) is 17.6. The van der Waals surface area contributed by atoms with Crippen molar-refractivity contribution in [3.05, 3.63) is 83.4 Å². The zero-order valence-corrected chi connectivity index (χ0v) is 18.4. The summed E-state index contributed by atoms with van der Waals surface area (Å²) in [6.45, 7) is 2.55. The van der Waals surface area contributed by atoms with Crippen LogP contribution in [0.15, 0.2) is 71.6 Å². The number of aryl methyl sites for hydroxylation is 1. The van der Waals surface area contributed by atoms with E-state index in [-0.39, 0.29) is 16.1 Å². The van der Waals surface area contributed by atoms with Gasteiger partial charge in [0.1, 0.15) is 13.2 Å². The van der Waals surface area contributed by atoms with E-state index >= 15 is 0 Å². The highest BCUT2D eigenvalue weighted by atomic mass is 32.2. The van der Waals surface area contributed by atoms with Gasteiger partial charge in [-0.2, -0.15) is 0 Å². The molecule has 0 unspecified atom stereocenters. The summed E-state index contributed by atoms with van der Waals surface area (Å²) in [7, 11) is -3.88. The fraction of sp³-hybridized carbons (Fsp3) is 0.130. The van der Waals surface area contributed by atoms with Crippen molar-refractivity contribution in [3.8, 4) is 11.5 Å². The number of sulfonamides is 1. The number of ether oxygens (including phenoxy) is 2. The van der Waals surface area contributed by atoms with Gasteiger partial charge in [0.15, 0.2) is 11.5 Å². The molecule has 3 aromatic carbocycles. The minimum atomic E-state index is -3.88. The first kappa shape index (κ1) is 22.2. The fourth-order valence-electron chi connectivity index (χ4n) is 3.18. The molecule has 0 aromatic heterocycles. The Balaban J connectivity index is 1.39. The summed E-state index contributed by atoms with van der Waals surface area (Å²) < 4.78 is 38.7. The van der Waals surface area contributed by atoms with Crippen LogP contribution in [-0.4, -0.2) is 33.4 Å². The van der Waals surface area contributed by atoms with E-state index in [1.54, 1.807) is 31.2 Å². The molecule has 0 fully saturated rings. The molecule has 0 bridgehead atoms. The molecule has 3 aromatic rings. The minimum Gasteiger partial charge on any atom is -0.486 e. The number of rotatable bonds is 5. The van der Waals surface area contributed by atoms with Gasteiger partial charge in [-0.25, -0.2) is 8.42 Å². The van der Waals surface area contributed by atoms with Gasteiger partial charge in [0.2, 0.25) is 0 Å². The molecule has 2 amide bonds. The molecule has 33 heavy (non-hydrogen) atoms. The number of fused-ring (bicyclic) bond motifs is 1. The third-order valence-corrected chi connectivity index (χ3v) is 6.28. The van der Waals surface area contributed by atoms with Crippen molar-refractivity contribution in [1.29, 1.82) is 0 Å². The van der Waals surface area contributed by atoms with E-state index in [1.807, 2.05) is 6.07 Å². The average molecular weight is 468 g/mol. The van der Waals surface area contributed by atoms with E-state index in [2.05, 4.69) is 15.6 Å². The molecule has 0 radical (unpaired) electrons. The van der Waals surface area contributed by atoms with Crippen molar-refractivity contribution in [1.82, 2.24) is 10.9 Å². The van der Waals surface area contributed by atoms with E-state index in [4.69, 9.17) is 9.47 Å². The number of anilines is 1. The quantitative estimate of drug-likeness (QED) is 0.496. The maximum Gasteiger partial charge on any atom is 0.269 e. The first-order chi connectivity index (χ1) is 15.8. The van der Waals surface area contributed by atoms with E-state index in [0.717, 1.165) is 5.56 Å². The second kappa shape index (κ2) is 9.21. The van der Waals surface area contributed by atoms with Crippen molar-refractivity contribution in [3.63, 3.8) is 0 Å². The Morgan fingerprint density at radius 2 is 1.48 bits per heavy atom. The summed E-state index contributed by atoms with van der Waals surface area (Å²) in [5, 5.41) is 0. The van der Waals surface area contributed by atoms with Crippen molar-refractivity contribution in [2.75, 3.05) is 17.9 Å². The Bertz CT molecular complexity index is 1310. The first-order valence-electron chi connectivity index (χ1n) is 10.0. The van der Waals surface area contributed by atoms with Crippen LogP contribution in [0.5, 0.6) is 11.5 Å². The van der Waals surface area contributed by atoms with Crippen LogP contribution in [0.2, 0.25) is 0 Å². The van der Waals surface area contributed by atoms with Crippen LogP contribution in [0.1, 0.15) is 26.3 Å². The molecule has 1 heterocycles. The summed E-state index contributed by atoms with van der Waals surface area (Å²) in [4.78, 5) is 24.6. The lowest BCUT2D eigenvalue weighted by Crippen LogP contribution is -2.41. The third-order valence-electron chi connectivity index (χ3n) is 4.90. The van der Waals surface area contributed by atoms with Crippen LogP contribution in [-0.2, 0) is 10.0 Å². The highest BCUT2D eigenvalue weighted by molar-refractivity contribution is 7.92. The topological polar surface area (TPSA) is 123 Å². The van der Waals surface area contributed by atoms with Gasteiger partial charge in [0, 0.05) is 22.9 Å². The van der Waals surface area contributed by atoms with Crippen LogP contribution < -0.4 is 25.0 Å². The number of hydrogen-bond acceptors (Lipinski definition) is 6. The van der Waals surface area contributed by atoms with Crippen molar-refractivity contribution >= 4 is 27.5 Å². The number of benzene rings is 3. The molecule has 4 rings (SSSR count). The van der Waals surface area contributed by atoms with Crippen molar-refractivity contribution < 1.29 is 27.5 Å². The number of carbonyl (C=O) groups is 2. The molecule has 170 valence electrons. The van der Waals surface area contributed by atoms with Gasteiger partial charge in [0.25, 0.3) is 21.8 Å². The molecule has 0 spiro atoms. The van der Waals surface area contributed by atoms with Gasteiger partial charge in [-0.3, -0.25) is 25.2 Å². The predicted molar refractivity (Wildman–Crippen MR) is 121 cm³/mol. The number of hydrogen-bond donors (Lipinski definition) is 3. The van der Waals surface area contributed by atoms with Crippen LogP contribution in [0.3, 0.4) is 0 Å². The lowest BCUT2D eigenvalue weighted by molar-refractivity contribution is 0.0846. The SMILES string of the molecule is Cc1ccccc1C(=O)NNC(=O)c1ccc(NS(=O)(=O)c2ccc3c(c2)OCCO3)cc1. The van der Waals surface area contributed by atoms with Gasteiger partial charge in [-0.05, 0) is 55.0 Å². The lowest BCUT2D eigenvalue weighted by atomic mass is 10.1. The van der Waals surface area contributed by atoms with Gasteiger partial charge >= 0.3 is 0 Å². The highest BCUT2D eigenvalue weighted by Crippen LogP contribution is 2.32. The normalized spacial score (nSPS) is 12.5. The van der Waals surface area contributed by atoms with E-state index in [9.17, 15) is 18.0 Å². The maximum atomic E-state index is 12.7. The maximum absolute atomic E-state index is 12.7. The number of nitrogens with one attached hydrogen (secondary N) is 3. The van der Waals surface area contributed by atoms with Gasteiger partial charge in [-0.1, -0.05) is 18.2 Å². The monoisotopic (exact) mass is 467 g/mol. The van der Waals surface area contributed by atoms with E-state index in [0.29, 0.717) is 30.3 Å². The average Bonchev–Trinajstić information content (AvgIpc) is 2.82. The van der Waals surface area contributed by atoms with Crippen LogP contribution in [0.25, 0.3) is 0 Å². The molecule has 1 aliphatic rings. The molecule has 0 atom stereocenters. The summed E-state index contributed by atoms with van der Waals surface area (Å²) in [6, 6.07) is 17.1. The third kappa shape index (κ3) is 5.07. The first-order valence-corrected chi connectivity index (χ1v) is 11.5. The second-order valence-electron chi connectivity index (χ2n) is 7.21. The zero-order chi connectivity index (χ0) is 23.4. The Morgan fingerprint density at radius 1 is 0.818 bits per heavy atom. The van der Waals surface area contributed by atoms with Crippen LogP contribution >= 0.6 is 0 Å². The summed E-state index contributed by atoms with van der Waals surface area (Å²) in [6.07, 6.45) is 0. The largest absolute Gasteiger partial charge is 0.486 e. The number of carbonyl (C=O) groups excluding carboxylic acids is 2. The van der Waals surface area contributed by atoms with E-state index < -0.39 is 21.8 Å². The molecule has 10 heteroatoms. The Morgan fingerprint density at radius 3 is 2.21 bits per heavy atom. The van der Waals surface area contributed by atoms with Crippen LogP contribution in [0.4, 0.5) is 5.69 Å². The highest BCUT2D eigenvalue weighted by Gasteiger charge is 2.20. The summed E-state index contributed by atoms with van der Waals surface area (Å²) >= 11 is 0. The van der Waals surface area contributed by atoms with Gasteiger partial charge in [-0.15, -0.1) is 0 Å². The standard InChI is InChI=1S/C23H21N3O6S/c1-15-4-2-3-5-19(15)23(28)25-24-22(27)16-6-8-17(9-7-16)26-33(29,30)18-10-11-20-21(14-18)32-13-12-31-20/h2-11,14,26H,12-13H2,1H3,(H,24,27)(H,25,28). The molecular formula is C23H21N3O6S. The fourth-order valence-corrected chi connectivity index (χ4v) is 4.25.